The van der Waals surface area contributed by atoms with Crippen LogP contribution in [-0.4, -0.2) is 21.8 Å². The molecule has 28 heavy (non-hydrogen) atoms. The largest absolute Gasteiger partial charge is 0.478 e. The summed E-state index contributed by atoms with van der Waals surface area (Å²) in [5, 5.41) is 11.7. The average Bonchev–Trinajstić information content (AvgIpc) is 3.26. The molecular formula is C21H14FNO3S2. The monoisotopic (exact) mass is 411 g/mol. The zero-order valence-corrected chi connectivity index (χ0v) is 16.4. The quantitative estimate of drug-likeness (QED) is 0.434. The standard InChI is InChI=1S/C21H14FNO3S2/c1-11-6-7-13(14(22)8-11)19-18(21(25)26)12(10-27-19)9-16(24)20-23-15-4-2-3-5-17(15)28-20/h2-8,10H,9H2,1H3,(H,25,26). The number of thiophene rings is 1. The van der Waals surface area contributed by atoms with E-state index in [1.165, 1.54) is 17.4 Å². The molecule has 0 radical (unpaired) electrons. The lowest BCUT2D eigenvalue weighted by molar-refractivity contribution is 0.0697. The number of aryl methyl sites for hydroxylation is 1. The lowest BCUT2D eigenvalue weighted by atomic mass is 10.0. The lowest BCUT2D eigenvalue weighted by Crippen LogP contribution is -2.08. The fraction of sp³-hybridized carbons (Fsp3) is 0.0952. The van der Waals surface area contributed by atoms with Crippen LogP contribution in [-0.2, 0) is 6.42 Å². The average molecular weight is 411 g/mol. The van der Waals surface area contributed by atoms with E-state index in [0.717, 1.165) is 27.1 Å². The molecule has 0 aliphatic heterocycles. The minimum absolute atomic E-state index is 0.0257. The smallest absolute Gasteiger partial charge is 0.337 e. The van der Waals surface area contributed by atoms with Crippen LogP contribution >= 0.6 is 22.7 Å². The van der Waals surface area contributed by atoms with Crippen LogP contribution in [0, 0.1) is 12.7 Å². The Morgan fingerprint density at radius 1 is 1.18 bits per heavy atom. The molecule has 0 saturated carbocycles. The number of Topliss-reactive ketones (excluding diaryl/α,β-unsaturated/α-hetero) is 1. The van der Waals surface area contributed by atoms with Crippen LogP contribution < -0.4 is 0 Å². The van der Waals surface area contributed by atoms with Crippen molar-refractivity contribution < 1.29 is 19.1 Å². The first-order chi connectivity index (χ1) is 13.4. The Morgan fingerprint density at radius 2 is 1.96 bits per heavy atom. The third-order valence-electron chi connectivity index (χ3n) is 4.33. The van der Waals surface area contributed by atoms with Gasteiger partial charge in [0.25, 0.3) is 0 Å². The summed E-state index contributed by atoms with van der Waals surface area (Å²) < 4.78 is 15.3. The normalized spacial score (nSPS) is 11.1. The topological polar surface area (TPSA) is 67.3 Å². The molecule has 0 amide bonds. The Labute approximate surface area is 167 Å². The van der Waals surface area contributed by atoms with Crippen molar-refractivity contribution in [2.24, 2.45) is 0 Å². The van der Waals surface area contributed by atoms with E-state index in [9.17, 15) is 19.1 Å². The number of ketones is 1. The van der Waals surface area contributed by atoms with Gasteiger partial charge in [-0.05, 0) is 41.6 Å². The van der Waals surface area contributed by atoms with Crippen molar-refractivity contribution >= 4 is 44.6 Å². The number of carboxylic acids is 1. The molecule has 0 atom stereocenters. The van der Waals surface area contributed by atoms with E-state index in [1.54, 1.807) is 24.4 Å². The fourth-order valence-electron chi connectivity index (χ4n) is 3.00. The number of aromatic carboxylic acids is 1. The van der Waals surface area contributed by atoms with Gasteiger partial charge in [-0.2, -0.15) is 0 Å². The number of fused-ring (bicyclic) bond motifs is 1. The highest BCUT2D eigenvalue weighted by atomic mass is 32.1. The van der Waals surface area contributed by atoms with Crippen LogP contribution in [0.3, 0.4) is 0 Å². The van der Waals surface area contributed by atoms with Gasteiger partial charge in [-0.25, -0.2) is 14.2 Å². The molecule has 0 spiro atoms. The minimum atomic E-state index is -1.18. The molecule has 0 aliphatic rings. The Hall–Kier alpha value is -2.90. The number of thiazole rings is 1. The van der Waals surface area contributed by atoms with Crippen molar-refractivity contribution in [2.45, 2.75) is 13.3 Å². The number of carbonyl (C=O) groups excluding carboxylic acids is 1. The molecule has 0 unspecified atom stereocenters. The first kappa shape index (κ1) is 18.5. The highest BCUT2D eigenvalue weighted by Gasteiger charge is 2.24. The molecule has 1 N–H and O–H groups in total. The van der Waals surface area contributed by atoms with Gasteiger partial charge in [-0.15, -0.1) is 22.7 Å². The lowest BCUT2D eigenvalue weighted by Gasteiger charge is -2.05. The fourth-order valence-corrected chi connectivity index (χ4v) is 4.99. The van der Waals surface area contributed by atoms with Crippen LogP contribution in [0.4, 0.5) is 4.39 Å². The maximum atomic E-state index is 14.4. The minimum Gasteiger partial charge on any atom is -0.478 e. The Morgan fingerprint density at radius 3 is 2.68 bits per heavy atom. The van der Waals surface area contributed by atoms with Gasteiger partial charge in [0.2, 0.25) is 0 Å². The molecule has 0 bridgehead atoms. The van der Waals surface area contributed by atoms with E-state index in [4.69, 9.17) is 0 Å². The second-order valence-corrected chi connectivity index (χ2v) is 8.25. The van der Waals surface area contributed by atoms with Gasteiger partial charge in [0.15, 0.2) is 10.8 Å². The summed E-state index contributed by atoms with van der Waals surface area (Å²) in [5.41, 5.74) is 2.06. The molecule has 140 valence electrons. The van der Waals surface area contributed by atoms with Gasteiger partial charge in [0.1, 0.15) is 5.82 Å². The van der Waals surface area contributed by atoms with E-state index >= 15 is 0 Å². The summed E-state index contributed by atoms with van der Waals surface area (Å²) in [6.07, 6.45) is -0.0918. The van der Waals surface area contributed by atoms with Crippen molar-refractivity contribution in [1.29, 1.82) is 0 Å². The molecule has 0 fully saturated rings. The van der Waals surface area contributed by atoms with E-state index in [1.807, 2.05) is 24.3 Å². The van der Waals surface area contributed by atoms with E-state index in [2.05, 4.69) is 4.98 Å². The highest BCUT2D eigenvalue weighted by molar-refractivity contribution is 7.20. The van der Waals surface area contributed by atoms with Gasteiger partial charge < -0.3 is 5.11 Å². The predicted molar refractivity (Wildman–Crippen MR) is 109 cm³/mol. The number of aromatic nitrogens is 1. The van der Waals surface area contributed by atoms with Crippen molar-refractivity contribution in [2.75, 3.05) is 0 Å². The zero-order chi connectivity index (χ0) is 19.8. The van der Waals surface area contributed by atoms with E-state index in [-0.39, 0.29) is 23.3 Å². The number of para-hydroxylation sites is 1. The van der Waals surface area contributed by atoms with Gasteiger partial charge in [0.05, 0.1) is 20.7 Å². The van der Waals surface area contributed by atoms with Crippen LogP contribution in [0.1, 0.15) is 31.3 Å². The number of carbonyl (C=O) groups is 2. The summed E-state index contributed by atoms with van der Waals surface area (Å²) in [7, 11) is 0. The van der Waals surface area contributed by atoms with Gasteiger partial charge in [0, 0.05) is 12.0 Å². The predicted octanol–water partition coefficient (Wildman–Crippen LogP) is 5.60. The zero-order valence-electron chi connectivity index (χ0n) is 14.7. The third kappa shape index (κ3) is 3.34. The van der Waals surface area contributed by atoms with Gasteiger partial charge in [-0.1, -0.05) is 24.3 Å². The van der Waals surface area contributed by atoms with E-state index in [0.29, 0.717) is 15.4 Å². The summed E-state index contributed by atoms with van der Waals surface area (Å²) in [4.78, 5) is 29.2. The SMILES string of the molecule is Cc1ccc(-c2scc(CC(=O)c3nc4ccccc4s3)c2C(=O)O)c(F)c1. The molecule has 0 saturated heterocycles. The number of nitrogens with zero attached hydrogens (tertiary/aromatic N) is 1. The van der Waals surface area contributed by atoms with Crippen molar-refractivity contribution in [3.63, 3.8) is 0 Å². The number of hydrogen-bond acceptors (Lipinski definition) is 5. The molecular weight excluding hydrogens is 397 g/mol. The van der Waals surface area contributed by atoms with Crippen molar-refractivity contribution in [1.82, 2.24) is 4.98 Å². The molecule has 0 aliphatic carbocycles. The Bertz CT molecular complexity index is 1190. The maximum absolute atomic E-state index is 14.4. The van der Waals surface area contributed by atoms with Gasteiger partial charge in [-0.3, -0.25) is 4.79 Å². The first-order valence-electron chi connectivity index (χ1n) is 8.43. The Kier molecular flexibility index (Phi) is 4.78. The molecule has 2 aromatic heterocycles. The number of carboxylic acid groups (broad SMARTS) is 1. The van der Waals surface area contributed by atoms with E-state index < -0.39 is 11.8 Å². The van der Waals surface area contributed by atoms with Crippen LogP contribution in [0.25, 0.3) is 20.7 Å². The summed E-state index contributed by atoms with van der Waals surface area (Å²) in [6.45, 7) is 1.77. The summed E-state index contributed by atoms with van der Waals surface area (Å²) in [5.74, 6) is -1.91. The van der Waals surface area contributed by atoms with Crippen LogP contribution in [0.5, 0.6) is 0 Å². The van der Waals surface area contributed by atoms with Crippen molar-refractivity contribution in [3.8, 4) is 10.4 Å². The summed E-state index contributed by atoms with van der Waals surface area (Å²) >= 11 is 2.41. The maximum Gasteiger partial charge on any atom is 0.337 e. The molecule has 2 heterocycles. The molecule has 7 heteroatoms. The molecule has 4 aromatic rings. The number of rotatable bonds is 5. The molecule has 2 aromatic carbocycles. The number of hydrogen-bond donors (Lipinski definition) is 1. The molecule has 4 nitrogen and oxygen atoms in total. The second-order valence-electron chi connectivity index (χ2n) is 6.34. The number of halogens is 1. The van der Waals surface area contributed by atoms with Crippen LogP contribution in [0.15, 0.2) is 47.8 Å². The summed E-state index contributed by atoms with van der Waals surface area (Å²) in [6, 6.07) is 12.1. The Balaban J connectivity index is 1.71. The van der Waals surface area contributed by atoms with Crippen LogP contribution in [0.2, 0.25) is 0 Å². The van der Waals surface area contributed by atoms with Gasteiger partial charge >= 0.3 is 5.97 Å². The van der Waals surface area contributed by atoms with Crippen molar-refractivity contribution in [3.05, 3.63) is 75.4 Å². The molecule has 4 rings (SSSR count). The second kappa shape index (κ2) is 7.26. The third-order valence-corrected chi connectivity index (χ3v) is 6.47. The first-order valence-corrected chi connectivity index (χ1v) is 10.1. The number of benzene rings is 2. The highest BCUT2D eigenvalue weighted by Crippen LogP contribution is 2.36.